The number of nitrogens with zero attached hydrogens (tertiary/aromatic N) is 1. The zero-order valence-corrected chi connectivity index (χ0v) is 17.2. The zero-order chi connectivity index (χ0) is 20.5. The molecule has 0 unspecified atom stereocenters. The van der Waals surface area contributed by atoms with Crippen molar-refractivity contribution in [2.24, 2.45) is 5.92 Å². The van der Waals surface area contributed by atoms with Crippen LogP contribution in [0.5, 0.6) is 11.5 Å². The summed E-state index contributed by atoms with van der Waals surface area (Å²) in [5.74, 6) is 1.97. The molecule has 1 N–H and O–H groups in total. The summed E-state index contributed by atoms with van der Waals surface area (Å²) >= 11 is 0. The number of aromatic nitrogens is 1. The van der Waals surface area contributed by atoms with Crippen LogP contribution in [0.3, 0.4) is 0 Å². The van der Waals surface area contributed by atoms with E-state index < -0.39 is 0 Å². The molecule has 1 amide bonds. The van der Waals surface area contributed by atoms with Crippen molar-refractivity contribution >= 4 is 16.8 Å². The summed E-state index contributed by atoms with van der Waals surface area (Å²) in [6.45, 7) is 2.37. The molecule has 2 aliphatic rings. The van der Waals surface area contributed by atoms with Crippen molar-refractivity contribution in [2.45, 2.75) is 45.1 Å². The molecule has 5 rings (SSSR count). The normalized spacial score (nSPS) is 17.1. The Labute approximate surface area is 176 Å². The lowest BCUT2D eigenvalue weighted by molar-refractivity contribution is 0.0921. The molecule has 1 aliphatic heterocycles. The van der Waals surface area contributed by atoms with E-state index in [1.807, 2.05) is 48.5 Å². The minimum atomic E-state index is -0.0336. The lowest BCUT2D eigenvalue weighted by Crippen LogP contribution is -2.39. The van der Waals surface area contributed by atoms with Gasteiger partial charge in [-0.05, 0) is 56.0 Å². The van der Waals surface area contributed by atoms with Crippen LogP contribution >= 0.6 is 0 Å². The second-order valence-corrected chi connectivity index (χ2v) is 8.30. The topological polar surface area (TPSA) is 60.5 Å². The van der Waals surface area contributed by atoms with Crippen LogP contribution in [0.4, 0.5) is 0 Å². The maximum Gasteiger partial charge on any atom is 0.252 e. The molecule has 1 aliphatic carbocycles. The van der Waals surface area contributed by atoms with Crippen molar-refractivity contribution in [2.75, 3.05) is 6.79 Å². The zero-order valence-electron chi connectivity index (χ0n) is 17.2. The van der Waals surface area contributed by atoms with Crippen LogP contribution in [0.15, 0.2) is 48.5 Å². The largest absolute Gasteiger partial charge is 0.454 e. The van der Waals surface area contributed by atoms with Gasteiger partial charge in [-0.2, -0.15) is 0 Å². The third-order valence-corrected chi connectivity index (χ3v) is 6.34. The molecule has 1 fully saturated rings. The monoisotopic (exact) mass is 402 g/mol. The number of nitrogens with one attached hydrogen (secondary N) is 1. The molecule has 154 valence electrons. The van der Waals surface area contributed by atoms with Crippen molar-refractivity contribution in [3.05, 3.63) is 54.1 Å². The van der Waals surface area contributed by atoms with Crippen molar-refractivity contribution in [1.29, 1.82) is 0 Å². The molecule has 0 spiro atoms. The summed E-state index contributed by atoms with van der Waals surface area (Å²) in [6.07, 6.45) is 6.22. The van der Waals surface area contributed by atoms with Crippen molar-refractivity contribution in [3.8, 4) is 22.8 Å². The number of fused-ring (bicyclic) bond motifs is 2. The third-order valence-electron chi connectivity index (χ3n) is 6.34. The van der Waals surface area contributed by atoms with Gasteiger partial charge in [0.15, 0.2) is 11.5 Å². The summed E-state index contributed by atoms with van der Waals surface area (Å²) in [6, 6.07) is 15.6. The molecule has 1 atom stereocenters. The molecule has 30 heavy (non-hydrogen) atoms. The number of amides is 1. The highest BCUT2D eigenvalue weighted by molar-refractivity contribution is 6.07. The van der Waals surface area contributed by atoms with E-state index in [4.69, 9.17) is 14.5 Å². The van der Waals surface area contributed by atoms with Gasteiger partial charge in [-0.3, -0.25) is 4.79 Å². The van der Waals surface area contributed by atoms with Crippen LogP contribution in [-0.4, -0.2) is 23.7 Å². The molecule has 1 aromatic heterocycles. The summed E-state index contributed by atoms with van der Waals surface area (Å²) in [4.78, 5) is 18.1. The summed E-state index contributed by atoms with van der Waals surface area (Å²) in [5.41, 5.74) is 3.13. The van der Waals surface area contributed by atoms with Gasteiger partial charge in [0.25, 0.3) is 5.91 Å². The third kappa shape index (κ3) is 3.60. The van der Waals surface area contributed by atoms with E-state index in [0.717, 1.165) is 27.9 Å². The highest BCUT2D eigenvalue weighted by Crippen LogP contribution is 2.36. The average molecular weight is 402 g/mol. The van der Waals surface area contributed by atoms with E-state index in [0.29, 0.717) is 17.2 Å². The highest BCUT2D eigenvalue weighted by atomic mass is 16.7. The summed E-state index contributed by atoms with van der Waals surface area (Å²) in [7, 11) is 0. The van der Waals surface area contributed by atoms with Gasteiger partial charge in [0, 0.05) is 17.0 Å². The van der Waals surface area contributed by atoms with Crippen LogP contribution < -0.4 is 14.8 Å². The Kier molecular flexibility index (Phi) is 5.03. The molecular formula is C25H26N2O3. The van der Waals surface area contributed by atoms with Gasteiger partial charge in [-0.1, -0.05) is 37.5 Å². The standard InChI is InChI=1S/C25H26N2O3/c1-16(17-7-3-2-4-8-17)26-25(28)20-14-22(27-21-10-6-5-9-19(20)21)18-11-12-23-24(13-18)30-15-29-23/h5-6,9-14,16-17H,2-4,7-8,15H2,1H3,(H,26,28)/t16-/m0/s1. The Bertz CT molecular complexity index is 1090. The van der Waals surface area contributed by atoms with Gasteiger partial charge in [0.2, 0.25) is 6.79 Å². The van der Waals surface area contributed by atoms with Crippen LogP contribution in [-0.2, 0) is 0 Å². The quantitative estimate of drug-likeness (QED) is 0.641. The second kappa shape index (κ2) is 7.98. The van der Waals surface area contributed by atoms with Crippen LogP contribution in [0.25, 0.3) is 22.2 Å². The average Bonchev–Trinajstić information content (AvgIpc) is 3.26. The number of hydrogen-bond acceptors (Lipinski definition) is 4. The predicted molar refractivity (Wildman–Crippen MR) is 117 cm³/mol. The van der Waals surface area contributed by atoms with Crippen molar-refractivity contribution in [1.82, 2.24) is 10.3 Å². The molecule has 5 heteroatoms. The Hall–Kier alpha value is -3.08. The SMILES string of the molecule is C[C@H](NC(=O)c1cc(-c2ccc3c(c2)OCO3)nc2ccccc12)C1CCCCC1. The number of pyridine rings is 1. The molecule has 2 heterocycles. The maximum atomic E-state index is 13.3. The van der Waals surface area contributed by atoms with E-state index in [1.54, 1.807) is 0 Å². The molecule has 0 saturated heterocycles. The van der Waals surface area contributed by atoms with Gasteiger partial charge in [0.1, 0.15) is 0 Å². The molecule has 0 bridgehead atoms. The molecular weight excluding hydrogens is 376 g/mol. The van der Waals surface area contributed by atoms with Crippen LogP contribution in [0.1, 0.15) is 49.4 Å². The predicted octanol–water partition coefficient (Wildman–Crippen LogP) is 5.33. The smallest absolute Gasteiger partial charge is 0.252 e. The first-order chi connectivity index (χ1) is 14.7. The first kappa shape index (κ1) is 18.9. The Balaban J connectivity index is 1.50. The van der Waals surface area contributed by atoms with E-state index in [2.05, 4.69) is 12.2 Å². The summed E-state index contributed by atoms with van der Waals surface area (Å²) < 4.78 is 10.9. The van der Waals surface area contributed by atoms with Gasteiger partial charge in [-0.25, -0.2) is 4.98 Å². The number of para-hydroxylation sites is 1. The number of ether oxygens (including phenoxy) is 2. The molecule has 3 aromatic rings. The number of carbonyl (C=O) groups is 1. The minimum Gasteiger partial charge on any atom is -0.454 e. The van der Waals surface area contributed by atoms with E-state index >= 15 is 0 Å². The fraction of sp³-hybridized carbons (Fsp3) is 0.360. The number of hydrogen-bond donors (Lipinski definition) is 1. The second-order valence-electron chi connectivity index (χ2n) is 8.30. The minimum absolute atomic E-state index is 0.0336. The van der Waals surface area contributed by atoms with E-state index in [9.17, 15) is 4.79 Å². The number of rotatable bonds is 4. The first-order valence-corrected chi connectivity index (χ1v) is 10.8. The summed E-state index contributed by atoms with van der Waals surface area (Å²) in [5, 5.41) is 4.14. The Morgan fingerprint density at radius 3 is 2.70 bits per heavy atom. The van der Waals surface area contributed by atoms with E-state index in [1.165, 1.54) is 32.1 Å². The highest BCUT2D eigenvalue weighted by Gasteiger charge is 2.23. The lowest BCUT2D eigenvalue weighted by Gasteiger charge is -2.28. The molecule has 0 radical (unpaired) electrons. The van der Waals surface area contributed by atoms with Gasteiger partial charge in [0.05, 0.1) is 16.8 Å². The van der Waals surface area contributed by atoms with Crippen LogP contribution in [0, 0.1) is 5.92 Å². The van der Waals surface area contributed by atoms with Gasteiger partial charge in [-0.15, -0.1) is 0 Å². The molecule has 1 saturated carbocycles. The van der Waals surface area contributed by atoms with Gasteiger partial charge >= 0.3 is 0 Å². The number of benzene rings is 2. The lowest BCUT2D eigenvalue weighted by atomic mass is 9.84. The van der Waals surface area contributed by atoms with Crippen molar-refractivity contribution < 1.29 is 14.3 Å². The Morgan fingerprint density at radius 1 is 1.03 bits per heavy atom. The Morgan fingerprint density at radius 2 is 1.83 bits per heavy atom. The maximum absolute atomic E-state index is 13.3. The van der Waals surface area contributed by atoms with Gasteiger partial charge < -0.3 is 14.8 Å². The van der Waals surface area contributed by atoms with Crippen molar-refractivity contribution in [3.63, 3.8) is 0 Å². The first-order valence-electron chi connectivity index (χ1n) is 10.8. The molecule has 5 nitrogen and oxygen atoms in total. The van der Waals surface area contributed by atoms with E-state index in [-0.39, 0.29) is 18.7 Å². The molecule has 2 aromatic carbocycles. The fourth-order valence-corrected chi connectivity index (χ4v) is 4.60. The number of carbonyl (C=O) groups excluding carboxylic acids is 1. The van der Waals surface area contributed by atoms with Crippen LogP contribution in [0.2, 0.25) is 0 Å². The fourth-order valence-electron chi connectivity index (χ4n) is 4.60.